The highest BCUT2D eigenvalue weighted by Crippen LogP contribution is 2.42. The van der Waals surface area contributed by atoms with Gasteiger partial charge >= 0.3 is 6.18 Å². The highest BCUT2D eigenvalue weighted by atomic mass is 19.4. The van der Waals surface area contributed by atoms with Crippen molar-refractivity contribution in [2.75, 3.05) is 30.8 Å². The van der Waals surface area contributed by atoms with E-state index in [1.54, 1.807) is 25.4 Å². The maximum Gasteiger partial charge on any atom is 0.416 e. The Kier molecular flexibility index (Phi) is 7.22. The summed E-state index contributed by atoms with van der Waals surface area (Å²) >= 11 is 0. The Balaban J connectivity index is 1.38. The average Bonchev–Trinajstić information content (AvgIpc) is 3.54. The van der Waals surface area contributed by atoms with E-state index in [1.165, 1.54) is 12.1 Å². The van der Waals surface area contributed by atoms with Crippen LogP contribution in [0.2, 0.25) is 0 Å². The van der Waals surface area contributed by atoms with Gasteiger partial charge in [-0.25, -0.2) is 19.9 Å². The molecule has 4 N–H and O–H groups in total. The fourth-order valence-corrected chi connectivity index (χ4v) is 5.85. The highest BCUT2D eigenvalue weighted by molar-refractivity contribution is 6.04. The van der Waals surface area contributed by atoms with Crippen LogP contribution in [0.25, 0.3) is 16.8 Å². The summed E-state index contributed by atoms with van der Waals surface area (Å²) in [7, 11) is 0. The van der Waals surface area contributed by atoms with E-state index in [0.29, 0.717) is 35.7 Å². The number of alkyl halides is 3. The second-order valence-electron chi connectivity index (χ2n) is 10.9. The van der Waals surface area contributed by atoms with Crippen LogP contribution in [0.1, 0.15) is 48.4 Å². The van der Waals surface area contributed by atoms with E-state index >= 15 is 0 Å². The number of aromatic nitrogens is 4. The molecule has 2 aliphatic rings. The lowest BCUT2D eigenvalue weighted by Gasteiger charge is -2.41. The van der Waals surface area contributed by atoms with Crippen molar-refractivity contribution in [3.8, 4) is 17.0 Å². The first kappa shape index (κ1) is 28.8. The van der Waals surface area contributed by atoms with Gasteiger partial charge in [0.1, 0.15) is 34.4 Å². The van der Waals surface area contributed by atoms with Crippen LogP contribution in [0.5, 0.6) is 5.75 Å². The molecule has 43 heavy (non-hydrogen) atoms. The number of nitrogens with two attached hydrogens (primary N) is 1. The zero-order valence-corrected chi connectivity index (χ0v) is 23.4. The lowest BCUT2D eigenvalue weighted by Crippen LogP contribution is -2.51. The number of hydrogen-bond donors (Lipinski definition) is 3. The summed E-state index contributed by atoms with van der Waals surface area (Å²) in [5, 5.41) is 12.8. The minimum atomic E-state index is -4.58. The van der Waals surface area contributed by atoms with Gasteiger partial charge in [-0.15, -0.1) is 0 Å². The Bertz CT molecular complexity index is 1690. The molecule has 1 amide bonds. The molecule has 0 saturated carbocycles. The van der Waals surface area contributed by atoms with Crippen LogP contribution in [0.3, 0.4) is 0 Å². The largest absolute Gasteiger partial charge is 0.493 e. The first-order valence-electron chi connectivity index (χ1n) is 13.8. The van der Waals surface area contributed by atoms with Crippen LogP contribution >= 0.6 is 0 Å². The fourth-order valence-electron chi connectivity index (χ4n) is 5.85. The lowest BCUT2D eigenvalue weighted by atomic mass is 9.79. The molecule has 14 heteroatoms. The van der Waals surface area contributed by atoms with Crippen molar-refractivity contribution in [3.63, 3.8) is 0 Å². The van der Waals surface area contributed by atoms with Crippen LogP contribution in [0.15, 0.2) is 48.9 Å². The Morgan fingerprint density at radius 3 is 2.84 bits per heavy atom. The van der Waals surface area contributed by atoms with E-state index in [4.69, 9.17) is 20.2 Å². The number of piperidine rings is 1. The summed E-state index contributed by atoms with van der Waals surface area (Å²) in [5.41, 5.74) is 6.75. The number of amides is 1. The van der Waals surface area contributed by atoms with Gasteiger partial charge in [-0.1, -0.05) is 6.92 Å². The molecule has 2 fully saturated rings. The molecule has 3 atom stereocenters. The number of rotatable bonds is 6. The molecule has 11 nitrogen and oxygen atoms in total. The van der Waals surface area contributed by atoms with E-state index in [1.807, 2.05) is 9.30 Å². The number of benzene rings is 1. The number of hydrogen-bond acceptors (Lipinski definition) is 9. The van der Waals surface area contributed by atoms with Crippen LogP contribution in [-0.4, -0.2) is 67.5 Å². The molecule has 0 bridgehead atoms. The first-order valence-corrected chi connectivity index (χ1v) is 13.8. The van der Waals surface area contributed by atoms with Crippen LogP contribution in [0.4, 0.5) is 24.8 Å². The molecule has 226 valence electrons. The van der Waals surface area contributed by atoms with Gasteiger partial charge in [0.2, 0.25) is 6.41 Å². The number of nitrogens with zero attached hydrogens (tertiary/aromatic N) is 5. The van der Waals surface area contributed by atoms with Gasteiger partial charge in [-0.05, 0) is 50.1 Å². The topological polar surface area (TPSA) is 140 Å². The molecule has 3 aromatic heterocycles. The minimum absolute atomic E-state index is 0.134. The van der Waals surface area contributed by atoms with Gasteiger partial charge in [0, 0.05) is 47.7 Å². The van der Waals surface area contributed by atoms with Gasteiger partial charge in [0.15, 0.2) is 0 Å². The van der Waals surface area contributed by atoms with Crippen molar-refractivity contribution in [2.45, 2.75) is 50.7 Å². The number of aliphatic hydroxyl groups excluding tert-OH is 1. The smallest absolute Gasteiger partial charge is 0.416 e. The maximum absolute atomic E-state index is 13.1. The van der Waals surface area contributed by atoms with Crippen LogP contribution in [-0.2, 0) is 16.3 Å². The molecule has 2 saturated heterocycles. The first-order chi connectivity index (χ1) is 20.5. The molecular formula is C29H30F3N7O4. The zero-order valence-electron chi connectivity index (χ0n) is 23.4. The Morgan fingerprint density at radius 2 is 2.07 bits per heavy atom. The van der Waals surface area contributed by atoms with Gasteiger partial charge in [0.25, 0.3) is 5.91 Å². The summed E-state index contributed by atoms with van der Waals surface area (Å²) in [6.45, 7) is 5.14. The van der Waals surface area contributed by atoms with Gasteiger partial charge in [-0.3, -0.25) is 9.20 Å². The third kappa shape index (κ3) is 5.26. The Labute approximate surface area is 244 Å². The summed E-state index contributed by atoms with van der Waals surface area (Å²) in [4.78, 5) is 28.2. The minimum Gasteiger partial charge on any atom is -0.493 e. The van der Waals surface area contributed by atoms with E-state index < -0.39 is 29.5 Å². The predicted molar refractivity (Wildman–Crippen MR) is 150 cm³/mol. The number of ether oxygens (including phenoxy) is 2. The van der Waals surface area contributed by atoms with Crippen molar-refractivity contribution < 1.29 is 32.5 Å². The predicted octanol–water partition coefficient (Wildman–Crippen LogP) is 4.07. The normalized spacial score (nSPS) is 22.5. The number of nitrogens with one attached hydrogen (secondary N) is 1. The molecule has 5 heterocycles. The van der Waals surface area contributed by atoms with Crippen LogP contribution in [0, 0.1) is 0 Å². The van der Waals surface area contributed by atoms with Gasteiger partial charge in [0.05, 0.1) is 18.8 Å². The van der Waals surface area contributed by atoms with E-state index in [0.717, 1.165) is 37.0 Å². The van der Waals surface area contributed by atoms with E-state index in [-0.39, 0.29) is 29.8 Å². The Hall–Kier alpha value is -4.27. The molecule has 2 aliphatic heterocycles. The summed E-state index contributed by atoms with van der Waals surface area (Å²) < 4.78 is 52.7. The molecular weight excluding hydrogens is 567 g/mol. The van der Waals surface area contributed by atoms with Crippen molar-refractivity contribution in [1.82, 2.24) is 24.3 Å². The summed E-state index contributed by atoms with van der Waals surface area (Å²) in [5.74, 6) is 0.412. The number of pyridine rings is 1. The number of carbonyl (C=O) groups is 1. The number of anilines is 2. The third-order valence-electron chi connectivity index (χ3n) is 8.00. The summed E-state index contributed by atoms with van der Waals surface area (Å²) in [6.07, 6.45) is 0.426. The molecule has 4 aromatic rings. The van der Waals surface area contributed by atoms with Crippen molar-refractivity contribution in [1.29, 1.82) is 0 Å². The quantitative estimate of drug-likeness (QED) is 0.300. The molecule has 1 aromatic carbocycles. The van der Waals surface area contributed by atoms with Crippen LogP contribution < -0.4 is 15.8 Å². The molecule has 0 spiro atoms. The average molecular weight is 598 g/mol. The number of imidazole rings is 1. The Morgan fingerprint density at radius 1 is 1.26 bits per heavy atom. The van der Waals surface area contributed by atoms with E-state index in [2.05, 4.69) is 22.2 Å². The van der Waals surface area contributed by atoms with Gasteiger partial charge < -0.3 is 25.6 Å². The molecule has 0 aliphatic carbocycles. The van der Waals surface area contributed by atoms with Gasteiger partial charge in [-0.2, -0.15) is 13.2 Å². The third-order valence-corrected chi connectivity index (χ3v) is 8.00. The number of carbonyl (C=O) groups excluding carboxylic acids is 1. The standard InChI is InChI=1S/C29H30F3N7O4/c1-3-42-20-12-16(25(40)36-21-13-17(7-9-34-21)29(30,31)32)4-5-19(20)22-23-24(33)35-10-11-38(23)26(37-22)28(2)8-6-18-14-43-27(41)39(18)15-28/h4-5,7,9-13,18,27,41H,3,6,8,14-15H2,1-2H3,(H2,33,35)(H,34,36,40)/t18-,27?,28+/m0/s1. The second kappa shape index (κ2) is 10.8. The van der Waals surface area contributed by atoms with Crippen molar-refractivity contribution in [3.05, 3.63) is 65.9 Å². The van der Waals surface area contributed by atoms with Crippen molar-refractivity contribution >= 4 is 23.1 Å². The zero-order chi connectivity index (χ0) is 30.5. The second-order valence-corrected chi connectivity index (χ2v) is 10.9. The number of fused-ring (bicyclic) bond motifs is 2. The molecule has 0 radical (unpaired) electrons. The van der Waals surface area contributed by atoms with Crippen molar-refractivity contribution in [2.24, 2.45) is 0 Å². The highest BCUT2D eigenvalue weighted by Gasteiger charge is 2.46. The number of nitrogen functional groups attached to an aromatic ring is 1. The number of aliphatic hydroxyl groups is 1. The lowest BCUT2D eigenvalue weighted by molar-refractivity contribution is -0.145. The molecule has 6 rings (SSSR count). The fraction of sp³-hybridized carbons (Fsp3) is 0.379. The molecule has 1 unspecified atom stereocenters. The summed E-state index contributed by atoms with van der Waals surface area (Å²) in [6, 6.07) is 6.43. The maximum atomic E-state index is 13.1. The monoisotopic (exact) mass is 597 g/mol. The van der Waals surface area contributed by atoms with E-state index in [9.17, 15) is 23.1 Å². The SMILES string of the molecule is CCOc1cc(C(=O)Nc2cc(C(F)(F)F)ccn2)ccc1-c1nc([C@]2(C)CC[C@H]3COC(O)N3C2)n2ccnc(N)c12. The number of halogens is 3.